The van der Waals surface area contributed by atoms with E-state index in [4.69, 9.17) is 0 Å². The number of hydrogen-bond donors (Lipinski definition) is 0. The Hall–Kier alpha value is -4.10. The minimum atomic E-state index is 0. The van der Waals surface area contributed by atoms with Crippen LogP contribution in [0.3, 0.4) is 0 Å². The maximum absolute atomic E-state index is 2.59. The van der Waals surface area contributed by atoms with Gasteiger partial charge in [0.1, 0.15) is 0 Å². The van der Waals surface area contributed by atoms with Gasteiger partial charge in [-0.05, 0) is 120 Å². The van der Waals surface area contributed by atoms with Crippen molar-refractivity contribution in [2.75, 3.05) is 4.90 Å². The van der Waals surface area contributed by atoms with Gasteiger partial charge in [-0.3, -0.25) is 0 Å². The van der Waals surface area contributed by atoms with E-state index in [0.29, 0.717) is 5.92 Å². The second-order valence-corrected chi connectivity index (χ2v) is 15.8. The highest BCUT2D eigenvalue weighted by Gasteiger charge is 2.42. The molecule has 0 saturated carbocycles. The van der Waals surface area contributed by atoms with E-state index in [0.717, 1.165) is 6.42 Å². The van der Waals surface area contributed by atoms with Crippen LogP contribution in [0.5, 0.6) is 0 Å². The van der Waals surface area contributed by atoms with Crippen molar-refractivity contribution < 1.29 is 0 Å². The number of benzene rings is 5. The van der Waals surface area contributed by atoms with Crippen molar-refractivity contribution in [3.05, 3.63) is 137 Å². The Morgan fingerprint density at radius 1 is 0.491 bits per heavy atom. The Morgan fingerprint density at radius 3 is 1.49 bits per heavy atom. The summed E-state index contributed by atoms with van der Waals surface area (Å²) in [6.45, 7) is 13.7. The molecule has 5 aromatic rings. The van der Waals surface area contributed by atoms with Crippen LogP contribution in [-0.2, 0) is 5.41 Å². The Labute approximate surface area is 323 Å². The van der Waals surface area contributed by atoms with E-state index in [1.165, 1.54) is 133 Å². The van der Waals surface area contributed by atoms with Crippen LogP contribution < -0.4 is 4.90 Å². The number of nitrogens with zero attached hydrogens (tertiary/aromatic N) is 1. The zero-order chi connectivity index (χ0) is 36.5. The lowest BCUT2D eigenvalue weighted by Crippen LogP contribution is -2.25. The summed E-state index contributed by atoms with van der Waals surface area (Å²) in [5.41, 5.74) is 16.4. The first-order chi connectivity index (χ1) is 25.4. The normalized spacial score (nSPS) is 13.2. The van der Waals surface area contributed by atoms with Crippen molar-refractivity contribution in [1.82, 2.24) is 0 Å². The SMILES string of the molecule is C.CCCCCCCC1(CCCCCCC)c2cc(C)ccc2-c2ccc(-c3ccc(N(c4ccc(C)cc4)c4ccc(C(C)CC)cc4)cc3)cc21. The van der Waals surface area contributed by atoms with Gasteiger partial charge in [0.25, 0.3) is 0 Å². The zero-order valence-electron chi connectivity index (χ0n) is 33.1. The Balaban J connectivity index is 0.00000541. The second-order valence-electron chi connectivity index (χ2n) is 15.8. The fourth-order valence-electron chi connectivity index (χ4n) is 8.64. The molecular weight excluding hydrogens is 639 g/mol. The number of hydrogen-bond acceptors (Lipinski definition) is 1. The maximum Gasteiger partial charge on any atom is 0.0462 e. The van der Waals surface area contributed by atoms with Crippen LogP contribution >= 0.6 is 0 Å². The molecule has 53 heavy (non-hydrogen) atoms. The summed E-state index contributed by atoms with van der Waals surface area (Å²) in [5.74, 6) is 0.561. The highest BCUT2D eigenvalue weighted by molar-refractivity contribution is 5.85. The Kier molecular flexibility index (Phi) is 14.2. The standard InChI is InChI=1S/C51H63N.CH4/c1-7-10-12-14-16-34-51(35-17-15-13-11-8-2)49-36-39(5)20-32-47(49)48-33-25-43(37-50(48)51)42-23-30-46(31-24-42)52(44-26-18-38(4)19-27-44)45-28-21-41(22-29-45)40(6)9-3;/h18-33,36-37,40H,7-17,34-35H2,1-6H3;1H4. The summed E-state index contributed by atoms with van der Waals surface area (Å²) in [7, 11) is 0. The molecule has 1 aliphatic rings. The summed E-state index contributed by atoms with van der Waals surface area (Å²) in [5, 5.41) is 0. The third kappa shape index (κ3) is 9.00. The molecule has 0 spiro atoms. The summed E-state index contributed by atoms with van der Waals surface area (Å²) in [4.78, 5) is 2.40. The molecule has 1 atom stereocenters. The third-order valence-electron chi connectivity index (χ3n) is 12.0. The van der Waals surface area contributed by atoms with Gasteiger partial charge in [0, 0.05) is 22.5 Å². The van der Waals surface area contributed by atoms with Gasteiger partial charge in [-0.25, -0.2) is 0 Å². The Bertz CT molecular complexity index is 1850. The minimum absolute atomic E-state index is 0. The average molecular weight is 706 g/mol. The molecule has 0 bridgehead atoms. The molecule has 280 valence electrons. The minimum Gasteiger partial charge on any atom is -0.311 e. The van der Waals surface area contributed by atoms with Crippen molar-refractivity contribution in [1.29, 1.82) is 0 Å². The molecular formula is C52H67N. The number of anilines is 3. The van der Waals surface area contributed by atoms with E-state index in [-0.39, 0.29) is 12.8 Å². The number of unbranched alkanes of at least 4 members (excludes halogenated alkanes) is 8. The molecule has 0 heterocycles. The van der Waals surface area contributed by atoms with Crippen molar-refractivity contribution in [3.63, 3.8) is 0 Å². The van der Waals surface area contributed by atoms with Crippen LogP contribution in [0.15, 0.2) is 109 Å². The van der Waals surface area contributed by atoms with Crippen molar-refractivity contribution >= 4 is 17.1 Å². The lowest BCUT2D eigenvalue weighted by molar-refractivity contribution is 0.399. The fraction of sp³-hybridized carbons (Fsp3) is 0.423. The van der Waals surface area contributed by atoms with Crippen molar-refractivity contribution in [3.8, 4) is 22.3 Å². The predicted octanol–water partition coefficient (Wildman–Crippen LogP) is 16.6. The number of fused-ring (bicyclic) bond motifs is 3. The van der Waals surface area contributed by atoms with Gasteiger partial charge in [-0.1, -0.05) is 177 Å². The quantitative estimate of drug-likeness (QED) is 0.0820. The monoisotopic (exact) mass is 706 g/mol. The van der Waals surface area contributed by atoms with Gasteiger partial charge < -0.3 is 4.90 Å². The van der Waals surface area contributed by atoms with E-state index in [9.17, 15) is 0 Å². The summed E-state index contributed by atoms with van der Waals surface area (Å²) < 4.78 is 0. The van der Waals surface area contributed by atoms with Crippen LogP contribution in [0.2, 0.25) is 0 Å². The molecule has 1 nitrogen and oxygen atoms in total. The molecule has 6 rings (SSSR count). The van der Waals surface area contributed by atoms with E-state index in [1.54, 1.807) is 11.1 Å². The largest absolute Gasteiger partial charge is 0.311 e. The van der Waals surface area contributed by atoms with Gasteiger partial charge in [0.2, 0.25) is 0 Å². The van der Waals surface area contributed by atoms with Crippen LogP contribution in [0.4, 0.5) is 17.1 Å². The summed E-state index contributed by atoms with van der Waals surface area (Å²) >= 11 is 0. The van der Waals surface area contributed by atoms with Gasteiger partial charge in [-0.2, -0.15) is 0 Å². The fourth-order valence-corrected chi connectivity index (χ4v) is 8.64. The highest BCUT2D eigenvalue weighted by atomic mass is 15.1. The maximum atomic E-state index is 2.59. The molecule has 5 aromatic carbocycles. The van der Waals surface area contributed by atoms with Crippen LogP contribution in [0.25, 0.3) is 22.3 Å². The highest BCUT2D eigenvalue weighted by Crippen LogP contribution is 2.55. The second kappa shape index (κ2) is 18.8. The molecule has 1 aliphatic carbocycles. The smallest absolute Gasteiger partial charge is 0.0462 e. The molecule has 0 aliphatic heterocycles. The van der Waals surface area contributed by atoms with E-state index in [2.05, 4.69) is 156 Å². The third-order valence-corrected chi connectivity index (χ3v) is 12.0. The summed E-state index contributed by atoms with van der Waals surface area (Å²) in [6.07, 6.45) is 16.9. The number of rotatable bonds is 18. The van der Waals surface area contributed by atoms with Gasteiger partial charge in [0.05, 0.1) is 0 Å². The molecule has 0 aromatic heterocycles. The molecule has 0 fully saturated rings. The first-order valence-electron chi connectivity index (χ1n) is 20.7. The van der Waals surface area contributed by atoms with Crippen molar-refractivity contribution in [2.45, 2.75) is 144 Å². The lowest BCUT2D eigenvalue weighted by Gasteiger charge is -2.33. The number of aryl methyl sites for hydroxylation is 2. The topological polar surface area (TPSA) is 3.24 Å². The van der Waals surface area contributed by atoms with Crippen LogP contribution in [0.1, 0.15) is 152 Å². The summed E-state index contributed by atoms with van der Waals surface area (Å²) in [6, 6.07) is 42.1. The molecule has 0 saturated heterocycles. The van der Waals surface area contributed by atoms with E-state index in [1.807, 2.05) is 0 Å². The van der Waals surface area contributed by atoms with Gasteiger partial charge in [-0.15, -0.1) is 0 Å². The molecule has 1 heteroatoms. The first kappa shape index (κ1) is 40.1. The van der Waals surface area contributed by atoms with E-state index >= 15 is 0 Å². The predicted molar refractivity (Wildman–Crippen MR) is 234 cm³/mol. The molecule has 0 radical (unpaired) electrons. The Morgan fingerprint density at radius 2 is 0.943 bits per heavy atom. The lowest BCUT2D eigenvalue weighted by atomic mass is 9.70. The van der Waals surface area contributed by atoms with Crippen LogP contribution in [0, 0.1) is 13.8 Å². The van der Waals surface area contributed by atoms with Crippen molar-refractivity contribution in [2.24, 2.45) is 0 Å². The van der Waals surface area contributed by atoms with Gasteiger partial charge in [0.15, 0.2) is 0 Å². The first-order valence-corrected chi connectivity index (χ1v) is 20.7. The van der Waals surface area contributed by atoms with Crippen LogP contribution in [-0.4, -0.2) is 0 Å². The average Bonchev–Trinajstić information content (AvgIpc) is 3.43. The molecule has 0 N–H and O–H groups in total. The molecule has 0 amide bonds. The van der Waals surface area contributed by atoms with E-state index < -0.39 is 0 Å². The molecule has 1 unspecified atom stereocenters. The zero-order valence-corrected chi connectivity index (χ0v) is 33.1. The van der Waals surface area contributed by atoms with Gasteiger partial charge >= 0.3 is 0 Å².